The minimum Gasteiger partial charge on any atom is -0.489 e. The molecular weight excluding hydrogens is 460 g/mol. The van der Waals surface area contributed by atoms with Crippen LogP contribution in [0.4, 0.5) is 5.69 Å². The highest BCUT2D eigenvalue weighted by Gasteiger charge is 2.27. The number of anilines is 1. The minimum absolute atomic E-state index is 0.103. The molecule has 168 valence electrons. The number of nitrogens with one attached hydrogen (secondary N) is 1. The molecule has 0 radical (unpaired) electrons. The van der Waals surface area contributed by atoms with Gasteiger partial charge in [0, 0.05) is 23.0 Å². The van der Waals surface area contributed by atoms with Gasteiger partial charge in [-0.05, 0) is 56.3 Å². The van der Waals surface area contributed by atoms with Gasteiger partial charge in [-0.15, -0.1) is 11.8 Å². The smallest absolute Gasteiger partial charge is 0.243 e. The number of morpholine rings is 1. The molecule has 0 aliphatic carbocycles. The quantitative estimate of drug-likeness (QED) is 0.572. The van der Waals surface area contributed by atoms with Crippen molar-refractivity contribution >= 4 is 45.0 Å². The van der Waals surface area contributed by atoms with Gasteiger partial charge < -0.3 is 14.8 Å². The van der Waals surface area contributed by atoms with Crippen LogP contribution in [0.3, 0.4) is 0 Å². The van der Waals surface area contributed by atoms with Crippen LogP contribution < -0.4 is 10.1 Å². The van der Waals surface area contributed by atoms with Gasteiger partial charge in [-0.2, -0.15) is 4.31 Å². The fourth-order valence-electron chi connectivity index (χ4n) is 2.93. The maximum absolute atomic E-state index is 13.0. The van der Waals surface area contributed by atoms with E-state index in [4.69, 9.17) is 21.1 Å². The molecule has 2 aromatic rings. The van der Waals surface area contributed by atoms with E-state index < -0.39 is 10.0 Å². The van der Waals surface area contributed by atoms with Crippen molar-refractivity contribution in [3.05, 3.63) is 47.5 Å². The normalized spacial score (nSPS) is 15.1. The van der Waals surface area contributed by atoms with Crippen LogP contribution in [-0.2, 0) is 19.6 Å². The first kappa shape index (κ1) is 23.9. The zero-order chi connectivity index (χ0) is 22.4. The summed E-state index contributed by atoms with van der Waals surface area (Å²) < 4.78 is 38.4. The highest BCUT2D eigenvalue weighted by molar-refractivity contribution is 8.00. The summed E-state index contributed by atoms with van der Waals surface area (Å²) in [6.45, 7) is 5.04. The van der Waals surface area contributed by atoms with Crippen LogP contribution in [0, 0.1) is 0 Å². The second kappa shape index (κ2) is 10.7. The summed E-state index contributed by atoms with van der Waals surface area (Å²) in [6, 6.07) is 11.7. The van der Waals surface area contributed by atoms with E-state index in [1.165, 1.54) is 28.2 Å². The molecule has 10 heteroatoms. The van der Waals surface area contributed by atoms with Gasteiger partial charge in [0.15, 0.2) is 0 Å². The summed E-state index contributed by atoms with van der Waals surface area (Å²) in [5.74, 6) is 0.304. The van der Waals surface area contributed by atoms with E-state index in [1.807, 2.05) is 26.0 Å². The average molecular weight is 485 g/mol. The van der Waals surface area contributed by atoms with Gasteiger partial charge in [0.05, 0.1) is 35.7 Å². The molecule has 0 atom stereocenters. The van der Waals surface area contributed by atoms with Gasteiger partial charge in [0.1, 0.15) is 5.75 Å². The molecule has 0 unspecified atom stereocenters. The molecule has 0 bridgehead atoms. The van der Waals surface area contributed by atoms with Crippen molar-refractivity contribution in [2.24, 2.45) is 0 Å². The minimum atomic E-state index is -3.70. The molecule has 1 N–H and O–H groups in total. The maximum atomic E-state index is 13.0. The monoisotopic (exact) mass is 484 g/mol. The molecule has 1 aliphatic rings. The molecule has 0 saturated carbocycles. The number of sulfonamides is 1. The standard InChI is InChI=1S/C21H25ClN2O5S2/c1-15(2)29-20-8-7-18(31(26,27)24-9-11-28-12-10-24)13-19(20)23-21(25)14-30-17-5-3-16(22)4-6-17/h3-8,13,15H,9-12,14H2,1-2H3,(H,23,25). The van der Waals surface area contributed by atoms with Crippen molar-refractivity contribution in [1.29, 1.82) is 0 Å². The lowest BCUT2D eigenvalue weighted by Gasteiger charge is -2.26. The number of thioether (sulfide) groups is 1. The van der Waals surface area contributed by atoms with Gasteiger partial charge >= 0.3 is 0 Å². The van der Waals surface area contributed by atoms with Gasteiger partial charge in [0.2, 0.25) is 15.9 Å². The van der Waals surface area contributed by atoms with Crippen molar-refractivity contribution in [3.8, 4) is 5.75 Å². The van der Waals surface area contributed by atoms with Crippen LogP contribution >= 0.6 is 23.4 Å². The van der Waals surface area contributed by atoms with Gasteiger partial charge in [0.25, 0.3) is 0 Å². The zero-order valence-electron chi connectivity index (χ0n) is 17.3. The fourth-order valence-corrected chi connectivity index (χ4v) is 5.19. The Balaban J connectivity index is 1.78. The Hall–Kier alpha value is -1.78. The molecule has 3 rings (SSSR count). The second-order valence-electron chi connectivity index (χ2n) is 7.13. The summed E-state index contributed by atoms with van der Waals surface area (Å²) in [6.07, 6.45) is -0.138. The number of carbonyl (C=O) groups is 1. The van der Waals surface area contributed by atoms with E-state index in [2.05, 4.69) is 5.32 Å². The molecule has 1 saturated heterocycles. The maximum Gasteiger partial charge on any atom is 0.243 e. The summed E-state index contributed by atoms with van der Waals surface area (Å²) >= 11 is 7.24. The van der Waals surface area contributed by atoms with Crippen molar-refractivity contribution in [2.45, 2.75) is 29.7 Å². The van der Waals surface area contributed by atoms with E-state index in [1.54, 1.807) is 18.2 Å². The number of hydrogen-bond donors (Lipinski definition) is 1. The van der Waals surface area contributed by atoms with Crippen LogP contribution in [-0.4, -0.2) is 56.8 Å². The number of nitrogens with zero attached hydrogens (tertiary/aromatic N) is 1. The molecule has 7 nitrogen and oxygen atoms in total. The number of rotatable bonds is 8. The molecule has 1 amide bonds. The lowest BCUT2D eigenvalue weighted by molar-refractivity contribution is -0.113. The molecule has 31 heavy (non-hydrogen) atoms. The Morgan fingerprint density at radius 2 is 1.87 bits per heavy atom. The predicted octanol–water partition coefficient (Wildman–Crippen LogP) is 3.88. The SMILES string of the molecule is CC(C)Oc1ccc(S(=O)(=O)N2CCOCC2)cc1NC(=O)CSc1ccc(Cl)cc1. The largest absolute Gasteiger partial charge is 0.489 e. The molecule has 0 aromatic heterocycles. The predicted molar refractivity (Wildman–Crippen MR) is 123 cm³/mol. The fraction of sp³-hybridized carbons (Fsp3) is 0.381. The highest BCUT2D eigenvalue weighted by Crippen LogP contribution is 2.31. The first-order chi connectivity index (χ1) is 14.8. The van der Waals surface area contributed by atoms with Gasteiger partial charge in [-0.3, -0.25) is 4.79 Å². The summed E-state index contributed by atoms with van der Waals surface area (Å²) in [5, 5.41) is 3.42. The topological polar surface area (TPSA) is 84.9 Å². The first-order valence-electron chi connectivity index (χ1n) is 9.82. The lowest BCUT2D eigenvalue weighted by atomic mass is 10.3. The number of ether oxygens (including phenoxy) is 2. The van der Waals surface area contributed by atoms with E-state index in [0.717, 1.165) is 4.90 Å². The summed E-state index contributed by atoms with van der Waals surface area (Å²) in [5.41, 5.74) is 0.324. The third-order valence-electron chi connectivity index (χ3n) is 4.38. The van der Waals surface area contributed by atoms with Crippen LogP contribution in [0.1, 0.15) is 13.8 Å². The van der Waals surface area contributed by atoms with Crippen molar-refractivity contribution in [3.63, 3.8) is 0 Å². The van der Waals surface area contributed by atoms with Crippen LogP contribution in [0.5, 0.6) is 5.75 Å². The number of carbonyl (C=O) groups excluding carboxylic acids is 1. The third-order valence-corrected chi connectivity index (χ3v) is 7.54. The van der Waals surface area contributed by atoms with Crippen LogP contribution in [0.15, 0.2) is 52.3 Å². The van der Waals surface area contributed by atoms with Crippen molar-refractivity contribution in [1.82, 2.24) is 4.31 Å². The van der Waals surface area contributed by atoms with Crippen LogP contribution in [0.2, 0.25) is 5.02 Å². The van der Waals surface area contributed by atoms with E-state index in [-0.39, 0.29) is 22.7 Å². The summed E-state index contributed by atoms with van der Waals surface area (Å²) in [4.78, 5) is 13.6. The van der Waals surface area contributed by atoms with E-state index in [9.17, 15) is 13.2 Å². The van der Waals surface area contributed by atoms with Crippen molar-refractivity contribution in [2.75, 3.05) is 37.4 Å². The molecule has 1 fully saturated rings. The molecular formula is C21H25ClN2O5S2. The average Bonchev–Trinajstić information content (AvgIpc) is 2.75. The third kappa shape index (κ3) is 6.60. The van der Waals surface area contributed by atoms with E-state index >= 15 is 0 Å². The number of amides is 1. The first-order valence-corrected chi connectivity index (χ1v) is 12.6. The van der Waals surface area contributed by atoms with Crippen molar-refractivity contribution < 1.29 is 22.7 Å². The second-order valence-corrected chi connectivity index (χ2v) is 10.6. The van der Waals surface area contributed by atoms with Crippen LogP contribution in [0.25, 0.3) is 0 Å². The Labute approximate surface area is 192 Å². The number of halogens is 1. The van der Waals surface area contributed by atoms with E-state index in [0.29, 0.717) is 42.8 Å². The Morgan fingerprint density at radius 1 is 1.19 bits per heavy atom. The Kier molecular flexibility index (Phi) is 8.23. The number of hydrogen-bond acceptors (Lipinski definition) is 6. The lowest BCUT2D eigenvalue weighted by Crippen LogP contribution is -2.40. The van der Waals surface area contributed by atoms with Gasteiger partial charge in [-0.25, -0.2) is 8.42 Å². The highest BCUT2D eigenvalue weighted by atomic mass is 35.5. The molecule has 2 aromatic carbocycles. The Bertz CT molecular complexity index is 1010. The summed E-state index contributed by atoms with van der Waals surface area (Å²) in [7, 11) is -3.70. The Morgan fingerprint density at radius 3 is 2.52 bits per heavy atom. The molecule has 1 aliphatic heterocycles. The zero-order valence-corrected chi connectivity index (χ0v) is 19.7. The molecule has 1 heterocycles. The van der Waals surface area contributed by atoms with Gasteiger partial charge in [-0.1, -0.05) is 11.6 Å². The molecule has 0 spiro atoms. The number of benzene rings is 2.